The van der Waals surface area contributed by atoms with Gasteiger partial charge in [0.1, 0.15) is 6.54 Å². The molecule has 1 N–H and O–H groups in total. The number of amides is 1. The molecule has 9 heteroatoms. The number of nitrogens with one attached hydrogen (secondary N) is 1. The van der Waals surface area contributed by atoms with Gasteiger partial charge >= 0.3 is 0 Å². The first-order valence-corrected chi connectivity index (χ1v) is 11.4. The molecule has 0 heterocycles. The quantitative estimate of drug-likeness (QED) is 0.519. The van der Waals surface area contributed by atoms with Crippen LogP contribution in [0.4, 0.5) is 11.4 Å². The van der Waals surface area contributed by atoms with Crippen molar-refractivity contribution in [1.29, 1.82) is 0 Å². The Morgan fingerprint density at radius 3 is 2.31 bits per heavy atom. The van der Waals surface area contributed by atoms with Gasteiger partial charge in [0.05, 0.1) is 24.8 Å². The van der Waals surface area contributed by atoms with Gasteiger partial charge in [-0.05, 0) is 48.9 Å². The zero-order valence-corrected chi connectivity index (χ0v) is 19.4. The second kappa shape index (κ2) is 9.93. The van der Waals surface area contributed by atoms with Crippen LogP contribution in [0.15, 0.2) is 71.6 Å². The first-order valence-electron chi connectivity index (χ1n) is 9.62. The molecule has 0 aliphatic carbocycles. The van der Waals surface area contributed by atoms with E-state index in [0.29, 0.717) is 22.2 Å². The molecule has 0 spiro atoms. The SMILES string of the molecule is COc1ccc(N(CC(=O)Nc2cc(Cl)ccc2C)S(=O)(=O)c2ccccc2)cc1OC. The van der Waals surface area contributed by atoms with Gasteiger partial charge in [0.15, 0.2) is 11.5 Å². The van der Waals surface area contributed by atoms with E-state index in [0.717, 1.165) is 9.87 Å². The number of nitrogens with zero attached hydrogens (tertiary/aromatic N) is 1. The summed E-state index contributed by atoms with van der Waals surface area (Å²) in [4.78, 5) is 13.0. The van der Waals surface area contributed by atoms with Crippen LogP contribution in [-0.2, 0) is 14.8 Å². The number of aryl methyl sites for hydroxylation is 1. The van der Waals surface area contributed by atoms with E-state index >= 15 is 0 Å². The Hall–Kier alpha value is -3.23. The number of benzene rings is 3. The third-order valence-electron chi connectivity index (χ3n) is 4.75. The maximum atomic E-state index is 13.4. The maximum Gasteiger partial charge on any atom is 0.264 e. The lowest BCUT2D eigenvalue weighted by atomic mass is 10.2. The molecule has 0 saturated heterocycles. The Morgan fingerprint density at radius 2 is 1.66 bits per heavy atom. The summed E-state index contributed by atoms with van der Waals surface area (Å²) < 4.78 is 38.5. The third-order valence-corrected chi connectivity index (χ3v) is 6.77. The second-order valence-electron chi connectivity index (χ2n) is 6.87. The second-order valence-corrected chi connectivity index (χ2v) is 9.17. The normalized spacial score (nSPS) is 11.0. The summed E-state index contributed by atoms with van der Waals surface area (Å²) in [7, 11) is -1.12. The highest BCUT2D eigenvalue weighted by molar-refractivity contribution is 7.92. The molecule has 168 valence electrons. The van der Waals surface area contributed by atoms with Crippen molar-refractivity contribution in [3.8, 4) is 11.5 Å². The van der Waals surface area contributed by atoms with E-state index in [4.69, 9.17) is 21.1 Å². The van der Waals surface area contributed by atoms with Crippen molar-refractivity contribution in [2.24, 2.45) is 0 Å². The predicted octanol–water partition coefficient (Wildman–Crippen LogP) is 4.50. The van der Waals surface area contributed by atoms with Crippen LogP contribution >= 0.6 is 11.6 Å². The molecule has 0 unspecified atom stereocenters. The van der Waals surface area contributed by atoms with Gasteiger partial charge in [0, 0.05) is 16.8 Å². The topological polar surface area (TPSA) is 84.9 Å². The summed E-state index contributed by atoms with van der Waals surface area (Å²) in [5, 5.41) is 3.20. The fourth-order valence-corrected chi connectivity index (χ4v) is 4.67. The monoisotopic (exact) mass is 474 g/mol. The average Bonchev–Trinajstić information content (AvgIpc) is 2.80. The van der Waals surface area contributed by atoms with Gasteiger partial charge in [0.2, 0.25) is 5.91 Å². The van der Waals surface area contributed by atoms with E-state index in [-0.39, 0.29) is 10.6 Å². The van der Waals surface area contributed by atoms with Crippen LogP contribution in [0.3, 0.4) is 0 Å². The lowest BCUT2D eigenvalue weighted by Crippen LogP contribution is -2.38. The number of hydrogen-bond acceptors (Lipinski definition) is 5. The lowest BCUT2D eigenvalue weighted by Gasteiger charge is -2.25. The van der Waals surface area contributed by atoms with Gasteiger partial charge in [-0.15, -0.1) is 0 Å². The fraction of sp³-hybridized carbons (Fsp3) is 0.174. The molecule has 0 aliphatic heterocycles. The van der Waals surface area contributed by atoms with Crippen molar-refractivity contribution >= 4 is 38.9 Å². The molecule has 0 aromatic heterocycles. The number of sulfonamides is 1. The summed E-state index contributed by atoms with van der Waals surface area (Å²) in [6.07, 6.45) is 0. The smallest absolute Gasteiger partial charge is 0.264 e. The van der Waals surface area contributed by atoms with Crippen molar-refractivity contribution in [3.05, 3.63) is 77.3 Å². The van der Waals surface area contributed by atoms with Crippen LogP contribution in [-0.4, -0.2) is 35.1 Å². The highest BCUT2D eigenvalue weighted by Gasteiger charge is 2.28. The molecule has 7 nitrogen and oxygen atoms in total. The minimum absolute atomic E-state index is 0.0570. The van der Waals surface area contributed by atoms with Crippen LogP contribution in [0, 0.1) is 6.92 Å². The molecule has 0 aliphatic rings. The van der Waals surface area contributed by atoms with Crippen molar-refractivity contribution in [2.45, 2.75) is 11.8 Å². The molecule has 1 amide bonds. The molecule has 0 saturated carbocycles. The Balaban J connectivity index is 2.01. The number of rotatable bonds is 8. The molecule has 3 rings (SSSR count). The zero-order chi connectivity index (χ0) is 23.3. The molecule has 0 fully saturated rings. The molecular formula is C23H23ClN2O5S. The summed E-state index contributed by atoms with van der Waals surface area (Å²) in [5.74, 6) is 0.251. The highest BCUT2D eigenvalue weighted by atomic mass is 35.5. The summed E-state index contributed by atoms with van der Waals surface area (Å²) in [6.45, 7) is 1.36. The number of carbonyl (C=O) groups excluding carboxylic acids is 1. The molecule has 3 aromatic rings. The molecule has 3 aromatic carbocycles. The third kappa shape index (κ3) is 5.15. The minimum atomic E-state index is -4.05. The van der Waals surface area contributed by atoms with Crippen LogP contribution in [0.25, 0.3) is 0 Å². The Kier molecular flexibility index (Phi) is 7.27. The Labute approximate surface area is 192 Å². The summed E-state index contributed by atoms with van der Waals surface area (Å²) in [5.41, 5.74) is 1.56. The number of methoxy groups -OCH3 is 2. The molecular weight excluding hydrogens is 452 g/mol. The molecule has 32 heavy (non-hydrogen) atoms. The largest absolute Gasteiger partial charge is 0.493 e. The van der Waals surface area contributed by atoms with Crippen molar-refractivity contribution < 1.29 is 22.7 Å². The van der Waals surface area contributed by atoms with Gasteiger partial charge in [-0.1, -0.05) is 35.9 Å². The van der Waals surface area contributed by atoms with Gasteiger partial charge in [-0.2, -0.15) is 0 Å². The van der Waals surface area contributed by atoms with E-state index in [1.807, 2.05) is 6.92 Å². The summed E-state index contributed by atoms with van der Waals surface area (Å²) in [6, 6.07) is 17.6. The standard InChI is InChI=1S/C23H23ClN2O5S/c1-16-9-10-17(24)13-20(16)25-23(27)15-26(32(28,29)19-7-5-4-6-8-19)18-11-12-21(30-2)22(14-18)31-3/h4-14H,15H2,1-3H3,(H,25,27). The fourth-order valence-electron chi connectivity index (χ4n) is 3.06. The molecule has 0 radical (unpaired) electrons. The number of halogens is 1. The lowest BCUT2D eigenvalue weighted by molar-refractivity contribution is -0.114. The first-order chi connectivity index (χ1) is 15.3. The summed E-state index contributed by atoms with van der Waals surface area (Å²) >= 11 is 6.03. The number of anilines is 2. The maximum absolute atomic E-state index is 13.4. The van der Waals surface area contributed by atoms with E-state index < -0.39 is 22.5 Å². The van der Waals surface area contributed by atoms with Crippen molar-refractivity contribution in [3.63, 3.8) is 0 Å². The number of ether oxygens (including phenoxy) is 2. The first kappa shape index (κ1) is 23.4. The van der Waals surface area contributed by atoms with E-state index in [2.05, 4.69) is 5.32 Å². The number of carbonyl (C=O) groups is 1. The van der Waals surface area contributed by atoms with Crippen LogP contribution < -0.4 is 19.1 Å². The van der Waals surface area contributed by atoms with Crippen molar-refractivity contribution in [2.75, 3.05) is 30.4 Å². The van der Waals surface area contributed by atoms with Gasteiger partial charge in [-0.3, -0.25) is 9.10 Å². The average molecular weight is 475 g/mol. The highest BCUT2D eigenvalue weighted by Crippen LogP contribution is 2.34. The van der Waals surface area contributed by atoms with Crippen LogP contribution in [0.1, 0.15) is 5.56 Å². The van der Waals surface area contributed by atoms with E-state index in [1.165, 1.54) is 32.4 Å². The van der Waals surface area contributed by atoms with Crippen molar-refractivity contribution in [1.82, 2.24) is 0 Å². The van der Waals surface area contributed by atoms with Gasteiger partial charge in [0.25, 0.3) is 10.0 Å². The Bertz CT molecular complexity index is 1220. The molecule has 0 bridgehead atoms. The predicted molar refractivity (Wildman–Crippen MR) is 125 cm³/mol. The van der Waals surface area contributed by atoms with E-state index in [9.17, 15) is 13.2 Å². The number of hydrogen-bond donors (Lipinski definition) is 1. The Morgan fingerprint density at radius 1 is 0.969 bits per heavy atom. The van der Waals surface area contributed by atoms with E-state index in [1.54, 1.807) is 48.5 Å². The van der Waals surface area contributed by atoms with Crippen LogP contribution in [0.2, 0.25) is 5.02 Å². The zero-order valence-electron chi connectivity index (χ0n) is 17.8. The minimum Gasteiger partial charge on any atom is -0.493 e. The van der Waals surface area contributed by atoms with Gasteiger partial charge < -0.3 is 14.8 Å². The van der Waals surface area contributed by atoms with Gasteiger partial charge in [-0.25, -0.2) is 8.42 Å². The molecule has 0 atom stereocenters. The van der Waals surface area contributed by atoms with Crippen LogP contribution in [0.5, 0.6) is 11.5 Å².